The summed E-state index contributed by atoms with van der Waals surface area (Å²) in [7, 11) is 3.46. The van der Waals surface area contributed by atoms with Crippen LogP contribution in [0.25, 0.3) is 0 Å². The van der Waals surface area contributed by atoms with Gasteiger partial charge in [-0.15, -0.1) is 0 Å². The van der Waals surface area contributed by atoms with Crippen molar-refractivity contribution in [3.05, 3.63) is 65.5 Å². The van der Waals surface area contributed by atoms with Gasteiger partial charge in [0.1, 0.15) is 11.6 Å². The highest BCUT2D eigenvalue weighted by Crippen LogP contribution is 2.47. The number of methoxy groups -OCH3 is 1. The lowest BCUT2D eigenvalue weighted by Gasteiger charge is -2.35. The van der Waals surface area contributed by atoms with Crippen molar-refractivity contribution in [2.24, 2.45) is 13.0 Å². The van der Waals surface area contributed by atoms with Gasteiger partial charge in [0.15, 0.2) is 11.5 Å². The molecular weight excluding hydrogens is 591 g/mol. The van der Waals surface area contributed by atoms with Crippen molar-refractivity contribution in [2.75, 3.05) is 31.9 Å². The number of aliphatic carboxylic acids is 1. The molecule has 3 atom stereocenters. The molecule has 2 aliphatic rings. The summed E-state index contributed by atoms with van der Waals surface area (Å²) in [6.45, 7) is 6.32. The molecule has 2 aromatic carbocycles. The number of hydrogen-bond acceptors (Lipinski definition) is 7. The van der Waals surface area contributed by atoms with Crippen LogP contribution in [0.15, 0.2) is 42.7 Å². The van der Waals surface area contributed by atoms with Crippen LogP contribution in [0.2, 0.25) is 0 Å². The molecule has 2 aliphatic heterocycles. The van der Waals surface area contributed by atoms with Crippen LogP contribution in [0.1, 0.15) is 68.8 Å². The van der Waals surface area contributed by atoms with Gasteiger partial charge in [-0.1, -0.05) is 26.7 Å². The van der Waals surface area contributed by atoms with E-state index < -0.39 is 23.8 Å². The van der Waals surface area contributed by atoms with E-state index in [-0.39, 0.29) is 31.1 Å². The van der Waals surface area contributed by atoms with Gasteiger partial charge < -0.3 is 28.8 Å². The van der Waals surface area contributed by atoms with E-state index in [1.807, 2.05) is 39.7 Å². The van der Waals surface area contributed by atoms with Crippen molar-refractivity contribution >= 4 is 17.6 Å². The van der Waals surface area contributed by atoms with Crippen LogP contribution in [-0.4, -0.2) is 70.5 Å². The van der Waals surface area contributed by atoms with E-state index in [1.165, 1.54) is 6.07 Å². The van der Waals surface area contributed by atoms with Crippen LogP contribution in [-0.2, 0) is 23.1 Å². The van der Waals surface area contributed by atoms with Crippen molar-refractivity contribution in [1.29, 1.82) is 0 Å². The Hall–Kier alpha value is -4.12. The normalized spacial score (nSPS) is 19.2. The second kappa shape index (κ2) is 14.5. The number of carboxylic acid groups (broad SMARTS) is 1. The van der Waals surface area contributed by atoms with E-state index in [0.717, 1.165) is 37.1 Å². The number of amides is 1. The largest absolute Gasteiger partial charge is 0.493 e. The van der Waals surface area contributed by atoms with E-state index in [9.17, 15) is 19.1 Å². The molecule has 0 radical (unpaired) electrons. The van der Waals surface area contributed by atoms with E-state index in [4.69, 9.17) is 14.2 Å². The highest BCUT2D eigenvalue weighted by Gasteiger charge is 2.48. The number of benzene rings is 2. The van der Waals surface area contributed by atoms with Crippen LogP contribution in [0.3, 0.4) is 0 Å². The Labute approximate surface area is 270 Å². The lowest BCUT2D eigenvalue weighted by Crippen LogP contribution is -2.48. The predicted octanol–water partition coefficient (Wildman–Crippen LogP) is 5.71. The number of aromatic nitrogens is 2. The Kier molecular flexibility index (Phi) is 10.5. The summed E-state index contributed by atoms with van der Waals surface area (Å²) in [5.41, 5.74) is 1.89. The number of ether oxygens (including phenoxy) is 3. The van der Waals surface area contributed by atoms with Gasteiger partial charge >= 0.3 is 5.97 Å². The number of anilines is 1. The number of nitrogens with zero attached hydrogens (tertiary/aromatic N) is 4. The maximum atomic E-state index is 14.5. The fraction of sp³-hybridized carbons (Fsp3) is 0.514. The van der Waals surface area contributed by atoms with Gasteiger partial charge in [0.05, 0.1) is 19.6 Å². The predicted molar refractivity (Wildman–Crippen MR) is 172 cm³/mol. The number of fused-ring (bicyclic) bond motifs is 1. The molecule has 10 nitrogen and oxygen atoms in total. The Bertz CT molecular complexity index is 1540. The molecule has 1 N–H and O–H groups in total. The quantitative estimate of drug-likeness (QED) is 0.240. The van der Waals surface area contributed by atoms with Gasteiger partial charge in [-0.25, -0.2) is 9.37 Å². The number of carbonyl (C=O) groups is 2. The van der Waals surface area contributed by atoms with E-state index >= 15 is 0 Å². The Morgan fingerprint density at radius 3 is 2.57 bits per heavy atom. The highest BCUT2D eigenvalue weighted by atomic mass is 19.1. The molecule has 46 heavy (non-hydrogen) atoms. The smallest absolute Gasteiger partial charge is 0.308 e. The minimum atomic E-state index is -0.928. The summed E-state index contributed by atoms with van der Waals surface area (Å²) >= 11 is 0. The topological polar surface area (TPSA) is 106 Å². The van der Waals surface area contributed by atoms with Crippen molar-refractivity contribution in [2.45, 2.75) is 77.3 Å². The first kappa shape index (κ1) is 33.2. The minimum absolute atomic E-state index is 0.0214. The molecule has 1 saturated heterocycles. The molecule has 0 bridgehead atoms. The van der Waals surface area contributed by atoms with Gasteiger partial charge in [-0.3, -0.25) is 14.5 Å². The monoisotopic (exact) mass is 636 g/mol. The summed E-state index contributed by atoms with van der Waals surface area (Å²) in [6.07, 6.45) is 8.02. The molecule has 0 spiro atoms. The standard InChI is InChI=1S/C35H45FN4O6/c1-6-8-24(9-7-2)40(25-10-11-27(36)22(3)16-25)32(41)20-39-19-26(23-17-29(44-5)34-30(18-23)45-21-46-34)33(35(42)43)28(39)12-13-31-37-14-15-38(31)4/h10-11,14-18,24,26,28,33H,6-9,12-13,19-21H2,1-5H3,(H,42,43). The summed E-state index contributed by atoms with van der Waals surface area (Å²) in [5, 5.41) is 10.7. The number of halogens is 1. The van der Waals surface area contributed by atoms with Crippen molar-refractivity contribution in [3.63, 3.8) is 0 Å². The Balaban J connectivity index is 1.52. The highest BCUT2D eigenvalue weighted by molar-refractivity contribution is 5.95. The first-order chi connectivity index (χ1) is 22.2. The summed E-state index contributed by atoms with van der Waals surface area (Å²) in [4.78, 5) is 35.8. The average molecular weight is 637 g/mol. The molecule has 3 heterocycles. The van der Waals surface area contributed by atoms with Gasteiger partial charge in [0.2, 0.25) is 18.4 Å². The Morgan fingerprint density at radius 2 is 1.93 bits per heavy atom. The maximum absolute atomic E-state index is 14.5. The molecular formula is C35H45FN4O6. The molecule has 3 aromatic rings. The Morgan fingerprint density at radius 1 is 1.17 bits per heavy atom. The number of rotatable bonds is 14. The maximum Gasteiger partial charge on any atom is 0.308 e. The fourth-order valence-electron chi connectivity index (χ4n) is 7.12. The third-order valence-corrected chi connectivity index (χ3v) is 9.36. The molecule has 1 fully saturated rings. The van der Waals surface area contributed by atoms with Gasteiger partial charge in [0, 0.05) is 56.1 Å². The summed E-state index contributed by atoms with van der Waals surface area (Å²) in [6, 6.07) is 7.95. The zero-order chi connectivity index (χ0) is 33.0. The number of imidazole rings is 1. The third-order valence-electron chi connectivity index (χ3n) is 9.36. The van der Waals surface area contributed by atoms with E-state index in [1.54, 1.807) is 32.4 Å². The average Bonchev–Trinajstić information content (AvgIpc) is 3.76. The lowest BCUT2D eigenvalue weighted by molar-refractivity contribution is -0.143. The second-order valence-electron chi connectivity index (χ2n) is 12.3. The number of carbonyl (C=O) groups excluding carboxylic acids is 1. The SMILES string of the molecule is CCCC(CCC)N(C(=O)CN1CC(c2cc(OC)c3c(c2)OCO3)C(C(=O)O)C1CCc1nccn1C)c1ccc(F)c(C)c1. The van der Waals surface area contributed by atoms with Crippen molar-refractivity contribution < 1.29 is 33.3 Å². The molecule has 1 aromatic heterocycles. The first-order valence-electron chi connectivity index (χ1n) is 16.2. The number of carboxylic acids is 1. The zero-order valence-electron chi connectivity index (χ0n) is 27.4. The van der Waals surface area contributed by atoms with E-state index in [2.05, 4.69) is 18.8 Å². The van der Waals surface area contributed by atoms with Gasteiger partial charge in [-0.2, -0.15) is 0 Å². The molecule has 0 saturated carbocycles. The number of hydrogen-bond donors (Lipinski definition) is 1. The molecule has 3 unspecified atom stereocenters. The zero-order valence-corrected chi connectivity index (χ0v) is 27.4. The number of likely N-dealkylation sites (tertiary alicyclic amines) is 1. The molecule has 248 valence electrons. The lowest BCUT2D eigenvalue weighted by atomic mass is 9.83. The first-order valence-corrected chi connectivity index (χ1v) is 16.2. The number of aryl methyl sites for hydroxylation is 3. The molecule has 0 aliphatic carbocycles. The van der Waals surface area contributed by atoms with Crippen LogP contribution in [0.5, 0.6) is 17.2 Å². The van der Waals surface area contributed by atoms with E-state index in [0.29, 0.717) is 47.9 Å². The van der Waals surface area contributed by atoms with Crippen molar-refractivity contribution in [1.82, 2.24) is 14.5 Å². The molecule has 11 heteroatoms. The van der Waals surface area contributed by atoms with Crippen LogP contribution < -0.4 is 19.1 Å². The molecule has 5 rings (SSSR count). The molecule has 1 amide bonds. The summed E-state index contributed by atoms with van der Waals surface area (Å²) in [5.74, 6) is -0.291. The summed E-state index contributed by atoms with van der Waals surface area (Å²) < 4.78 is 33.1. The van der Waals surface area contributed by atoms with Crippen LogP contribution in [0, 0.1) is 18.7 Å². The van der Waals surface area contributed by atoms with Crippen LogP contribution in [0.4, 0.5) is 10.1 Å². The fourth-order valence-corrected chi connectivity index (χ4v) is 7.12. The van der Waals surface area contributed by atoms with Crippen molar-refractivity contribution in [3.8, 4) is 17.2 Å². The van der Waals surface area contributed by atoms with Gasteiger partial charge in [-0.05, 0) is 67.6 Å². The second-order valence-corrected chi connectivity index (χ2v) is 12.3. The minimum Gasteiger partial charge on any atom is -0.493 e. The van der Waals surface area contributed by atoms with Crippen LogP contribution >= 0.6 is 0 Å². The van der Waals surface area contributed by atoms with Gasteiger partial charge in [0.25, 0.3) is 0 Å². The third kappa shape index (κ3) is 6.84.